The van der Waals surface area contributed by atoms with Crippen molar-refractivity contribution >= 4 is 22.0 Å². The van der Waals surface area contributed by atoms with Gasteiger partial charge < -0.3 is 5.32 Å². The van der Waals surface area contributed by atoms with Crippen molar-refractivity contribution in [3.05, 3.63) is 34.3 Å². The lowest BCUT2D eigenvalue weighted by atomic mass is 10.2. The number of amides is 2. The van der Waals surface area contributed by atoms with E-state index in [2.05, 4.69) is 26.7 Å². The summed E-state index contributed by atoms with van der Waals surface area (Å²) in [4.78, 5) is 11.2. The van der Waals surface area contributed by atoms with Crippen molar-refractivity contribution in [1.82, 2.24) is 15.8 Å². The zero-order chi connectivity index (χ0) is 11.3. The minimum atomic E-state index is -0.208. The van der Waals surface area contributed by atoms with Crippen molar-refractivity contribution in [2.45, 2.75) is 6.54 Å². The minimum Gasteiger partial charge on any atom is -0.333 e. The molecule has 0 saturated heterocycles. The van der Waals surface area contributed by atoms with Crippen LogP contribution >= 0.6 is 15.9 Å². The van der Waals surface area contributed by atoms with Gasteiger partial charge in [-0.15, -0.1) is 0 Å². The third-order valence-electron chi connectivity index (χ3n) is 1.67. The van der Waals surface area contributed by atoms with E-state index in [0.717, 1.165) is 10.0 Å². The zero-order valence-electron chi connectivity index (χ0n) is 8.75. The van der Waals surface area contributed by atoms with Gasteiger partial charge in [-0.3, -0.25) is 5.43 Å². The van der Waals surface area contributed by atoms with Gasteiger partial charge in [-0.25, -0.2) is 9.80 Å². The Morgan fingerprint density at radius 1 is 1.47 bits per heavy atom. The fourth-order valence-corrected chi connectivity index (χ4v) is 1.52. The molecule has 0 aliphatic heterocycles. The first kappa shape index (κ1) is 12.0. The van der Waals surface area contributed by atoms with Crippen molar-refractivity contribution in [3.8, 4) is 0 Å². The van der Waals surface area contributed by atoms with Crippen LogP contribution in [0.15, 0.2) is 28.7 Å². The Bertz CT molecular complexity index is 341. The van der Waals surface area contributed by atoms with Gasteiger partial charge in [0.25, 0.3) is 0 Å². The van der Waals surface area contributed by atoms with E-state index in [1.54, 1.807) is 19.1 Å². The molecule has 5 heteroatoms. The van der Waals surface area contributed by atoms with Gasteiger partial charge >= 0.3 is 6.03 Å². The summed E-state index contributed by atoms with van der Waals surface area (Å²) in [5.74, 6) is 0. The SMILES string of the molecule is CN(C)NC(=O)NCc1cccc(Br)c1. The van der Waals surface area contributed by atoms with Gasteiger partial charge in [0, 0.05) is 25.1 Å². The third kappa shape index (κ3) is 4.80. The van der Waals surface area contributed by atoms with Gasteiger partial charge in [-0.1, -0.05) is 28.1 Å². The molecule has 1 aromatic rings. The molecular weight excluding hydrogens is 258 g/mol. The van der Waals surface area contributed by atoms with Crippen molar-refractivity contribution in [2.24, 2.45) is 0 Å². The number of nitrogens with one attached hydrogen (secondary N) is 2. The average molecular weight is 272 g/mol. The van der Waals surface area contributed by atoms with Crippen molar-refractivity contribution in [3.63, 3.8) is 0 Å². The van der Waals surface area contributed by atoms with Crippen LogP contribution in [0.25, 0.3) is 0 Å². The number of halogens is 1. The van der Waals surface area contributed by atoms with Crippen LogP contribution < -0.4 is 10.7 Å². The monoisotopic (exact) mass is 271 g/mol. The molecule has 1 aromatic carbocycles. The van der Waals surface area contributed by atoms with E-state index in [1.165, 1.54) is 0 Å². The van der Waals surface area contributed by atoms with Crippen molar-refractivity contribution in [1.29, 1.82) is 0 Å². The molecule has 0 bridgehead atoms. The number of carbonyl (C=O) groups excluding carboxylic acids is 1. The number of hydrogen-bond acceptors (Lipinski definition) is 2. The van der Waals surface area contributed by atoms with Crippen LogP contribution in [0, 0.1) is 0 Å². The molecule has 0 aliphatic carbocycles. The molecule has 0 saturated carbocycles. The molecule has 0 spiro atoms. The Morgan fingerprint density at radius 2 is 2.20 bits per heavy atom. The summed E-state index contributed by atoms with van der Waals surface area (Å²) < 4.78 is 1.01. The van der Waals surface area contributed by atoms with Crippen LogP contribution in [0.4, 0.5) is 4.79 Å². The second-order valence-electron chi connectivity index (χ2n) is 3.32. The Labute approximate surface area is 97.7 Å². The molecule has 1 rings (SSSR count). The molecule has 0 aromatic heterocycles. The predicted molar refractivity (Wildman–Crippen MR) is 63.2 cm³/mol. The van der Waals surface area contributed by atoms with Crippen LogP contribution in [0.2, 0.25) is 0 Å². The Morgan fingerprint density at radius 3 is 2.80 bits per heavy atom. The third-order valence-corrected chi connectivity index (χ3v) is 2.16. The maximum Gasteiger partial charge on any atom is 0.329 e. The van der Waals surface area contributed by atoms with Gasteiger partial charge in [-0.2, -0.15) is 0 Å². The number of carbonyl (C=O) groups is 1. The Hall–Kier alpha value is -1.07. The molecule has 82 valence electrons. The molecule has 0 unspecified atom stereocenters. The largest absolute Gasteiger partial charge is 0.333 e. The maximum absolute atomic E-state index is 11.2. The van der Waals surface area contributed by atoms with Gasteiger partial charge in [0.05, 0.1) is 0 Å². The van der Waals surface area contributed by atoms with Crippen molar-refractivity contribution in [2.75, 3.05) is 14.1 Å². The lowest BCUT2D eigenvalue weighted by Crippen LogP contribution is -2.42. The molecule has 0 fully saturated rings. The Balaban J connectivity index is 2.40. The number of nitrogens with zero attached hydrogens (tertiary/aromatic N) is 1. The fraction of sp³-hybridized carbons (Fsp3) is 0.300. The van der Waals surface area contributed by atoms with Crippen molar-refractivity contribution < 1.29 is 4.79 Å². The molecule has 15 heavy (non-hydrogen) atoms. The normalized spacial score (nSPS) is 10.1. The molecule has 4 nitrogen and oxygen atoms in total. The van der Waals surface area contributed by atoms with E-state index in [9.17, 15) is 4.79 Å². The topological polar surface area (TPSA) is 44.4 Å². The van der Waals surface area contributed by atoms with Gasteiger partial charge in [0.2, 0.25) is 0 Å². The summed E-state index contributed by atoms with van der Waals surface area (Å²) in [6.45, 7) is 0.513. The van der Waals surface area contributed by atoms with Crippen LogP contribution in [-0.2, 0) is 6.54 Å². The Kier molecular flexibility index (Phi) is 4.58. The molecular formula is C10H14BrN3O. The standard InChI is InChI=1S/C10H14BrN3O/c1-14(2)13-10(15)12-7-8-4-3-5-9(11)6-8/h3-6H,7H2,1-2H3,(H2,12,13,15). The summed E-state index contributed by atoms with van der Waals surface area (Å²) >= 11 is 3.37. The highest BCUT2D eigenvalue weighted by Gasteiger charge is 2.00. The number of hydrogen-bond donors (Lipinski definition) is 2. The predicted octanol–water partition coefficient (Wildman–Crippen LogP) is 1.72. The average Bonchev–Trinajstić information content (AvgIpc) is 2.14. The molecule has 0 atom stereocenters. The summed E-state index contributed by atoms with van der Waals surface area (Å²) in [5, 5.41) is 4.34. The number of urea groups is 1. The second-order valence-corrected chi connectivity index (χ2v) is 4.23. The number of benzene rings is 1. The lowest BCUT2D eigenvalue weighted by Gasteiger charge is -2.12. The van der Waals surface area contributed by atoms with Gasteiger partial charge in [0.1, 0.15) is 0 Å². The summed E-state index contributed by atoms with van der Waals surface area (Å²) in [6.07, 6.45) is 0. The van der Waals surface area contributed by atoms with Gasteiger partial charge in [0.15, 0.2) is 0 Å². The van der Waals surface area contributed by atoms with Crippen LogP contribution in [0.3, 0.4) is 0 Å². The molecule has 2 amide bonds. The lowest BCUT2D eigenvalue weighted by molar-refractivity contribution is 0.212. The minimum absolute atomic E-state index is 0.208. The van der Waals surface area contributed by atoms with E-state index in [0.29, 0.717) is 6.54 Å². The first-order chi connectivity index (χ1) is 7.08. The summed E-state index contributed by atoms with van der Waals surface area (Å²) in [5.41, 5.74) is 3.65. The highest BCUT2D eigenvalue weighted by atomic mass is 79.9. The van der Waals surface area contributed by atoms with Crippen LogP contribution in [0.1, 0.15) is 5.56 Å². The highest BCUT2D eigenvalue weighted by molar-refractivity contribution is 9.10. The summed E-state index contributed by atoms with van der Waals surface area (Å²) in [7, 11) is 3.53. The first-order valence-electron chi connectivity index (χ1n) is 4.54. The smallest absolute Gasteiger partial charge is 0.329 e. The van der Waals surface area contributed by atoms with Crippen LogP contribution in [0.5, 0.6) is 0 Å². The van der Waals surface area contributed by atoms with E-state index in [1.807, 2.05) is 24.3 Å². The number of hydrazine groups is 1. The summed E-state index contributed by atoms with van der Waals surface area (Å²) in [6, 6.07) is 7.60. The van der Waals surface area contributed by atoms with E-state index in [-0.39, 0.29) is 6.03 Å². The van der Waals surface area contributed by atoms with E-state index < -0.39 is 0 Å². The molecule has 0 radical (unpaired) electrons. The zero-order valence-corrected chi connectivity index (χ0v) is 10.3. The molecule has 0 aliphatic rings. The number of rotatable bonds is 3. The van der Waals surface area contributed by atoms with E-state index >= 15 is 0 Å². The molecule has 0 heterocycles. The maximum atomic E-state index is 11.2. The second kappa shape index (κ2) is 5.72. The molecule has 2 N–H and O–H groups in total. The fourth-order valence-electron chi connectivity index (χ4n) is 1.07. The first-order valence-corrected chi connectivity index (χ1v) is 5.33. The van der Waals surface area contributed by atoms with E-state index in [4.69, 9.17) is 0 Å². The quantitative estimate of drug-likeness (QED) is 0.823. The van der Waals surface area contributed by atoms with Crippen LogP contribution in [-0.4, -0.2) is 25.1 Å². The highest BCUT2D eigenvalue weighted by Crippen LogP contribution is 2.11. The van der Waals surface area contributed by atoms with Gasteiger partial charge in [-0.05, 0) is 17.7 Å².